The van der Waals surface area contributed by atoms with E-state index in [1.165, 1.54) is 0 Å². The molecular weight excluding hydrogens is 280 g/mol. The van der Waals surface area contributed by atoms with Crippen molar-refractivity contribution in [2.45, 2.75) is 31.9 Å². The lowest BCUT2D eigenvalue weighted by atomic mass is 10.0. The maximum Gasteiger partial charge on any atom is 0.219 e. The molecule has 112 valence electrons. The molecule has 0 saturated heterocycles. The molecule has 1 aromatic carbocycles. The molecule has 0 spiro atoms. The molecule has 0 fully saturated rings. The van der Waals surface area contributed by atoms with E-state index in [0.29, 0.717) is 17.3 Å². The molecule has 0 saturated carbocycles. The molecule has 0 bridgehead atoms. The van der Waals surface area contributed by atoms with E-state index in [4.69, 9.17) is 22.1 Å². The first-order chi connectivity index (χ1) is 9.30. The van der Waals surface area contributed by atoms with Crippen LogP contribution < -0.4 is 15.8 Å². The minimum atomic E-state index is -0.710. The van der Waals surface area contributed by atoms with Crippen molar-refractivity contribution in [2.24, 2.45) is 5.73 Å². The number of nitrogens with one attached hydrogen (secondary N) is 1. The van der Waals surface area contributed by atoms with Gasteiger partial charge in [0.05, 0.1) is 5.02 Å². The predicted octanol–water partition coefficient (Wildman–Crippen LogP) is 1.32. The minimum Gasteiger partial charge on any atom is -0.489 e. The first kappa shape index (κ1) is 16.8. The highest BCUT2D eigenvalue weighted by atomic mass is 35.5. The van der Waals surface area contributed by atoms with Gasteiger partial charge in [0.2, 0.25) is 5.91 Å². The maximum absolute atomic E-state index is 10.9. The number of nitrogens with two attached hydrogens (primary N) is 1. The third-order valence-electron chi connectivity index (χ3n) is 2.70. The molecule has 6 heteroatoms. The summed E-state index contributed by atoms with van der Waals surface area (Å²) in [5.41, 5.74) is 4.69. The first-order valence-corrected chi connectivity index (χ1v) is 6.77. The van der Waals surface area contributed by atoms with E-state index >= 15 is 0 Å². The Morgan fingerprint density at radius 3 is 2.75 bits per heavy atom. The number of halogens is 1. The van der Waals surface area contributed by atoms with Gasteiger partial charge in [0, 0.05) is 18.5 Å². The number of hydrogen-bond donors (Lipinski definition) is 3. The summed E-state index contributed by atoms with van der Waals surface area (Å²) in [6.07, 6.45) is -0.510. The molecule has 0 radical (unpaired) electrons. The number of aliphatic hydroxyl groups is 1. The Labute approximate surface area is 124 Å². The monoisotopic (exact) mass is 300 g/mol. The van der Waals surface area contributed by atoms with E-state index < -0.39 is 11.6 Å². The van der Waals surface area contributed by atoms with Crippen molar-refractivity contribution in [3.05, 3.63) is 29.3 Å². The van der Waals surface area contributed by atoms with E-state index in [-0.39, 0.29) is 18.9 Å². The summed E-state index contributed by atoms with van der Waals surface area (Å²) >= 11 is 5.94. The van der Waals surface area contributed by atoms with Crippen LogP contribution in [0.5, 0.6) is 5.75 Å². The van der Waals surface area contributed by atoms with Crippen molar-refractivity contribution < 1.29 is 14.6 Å². The normalized spacial score (nSPS) is 13.0. The lowest BCUT2D eigenvalue weighted by Gasteiger charge is -2.26. The van der Waals surface area contributed by atoms with Crippen molar-refractivity contribution in [1.82, 2.24) is 5.32 Å². The summed E-state index contributed by atoms with van der Waals surface area (Å²) in [7, 11) is 0. The lowest BCUT2D eigenvalue weighted by Crippen LogP contribution is -2.46. The molecule has 1 aromatic rings. The van der Waals surface area contributed by atoms with Crippen LogP contribution in [0.1, 0.15) is 20.3 Å². The maximum atomic E-state index is 10.9. The number of ether oxygens (including phenoxy) is 1. The zero-order chi connectivity index (χ0) is 15.2. The van der Waals surface area contributed by atoms with Crippen LogP contribution in [0.25, 0.3) is 0 Å². The second-order valence-corrected chi connectivity index (χ2v) is 5.71. The van der Waals surface area contributed by atoms with Crippen LogP contribution in [0.4, 0.5) is 0 Å². The Balaban J connectivity index is 2.35. The molecule has 4 N–H and O–H groups in total. The third-order valence-corrected chi connectivity index (χ3v) is 3.01. The van der Waals surface area contributed by atoms with Gasteiger partial charge in [0.15, 0.2) is 0 Å². The second-order valence-electron chi connectivity index (χ2n) is 5.30. The number of carbonyl (C=O) groups excluding carboxylic acids is 1. The van der Waals surface area contributed by atoms with Crippen LogP contribution in [0.3, 0.4) is 0 Å². The van der Waals surface area contributed by atoms with Crippen molar-refractivity contribution in [3.63, 3.8) is 0 Å². The average Bonchev–Trinajstić information content (AvgIpc) is 2.34. The van der Waals surface area contributed by atoms with E-state index in [0.717, 1.165) is 0 Å². The molecule has 5 nitrogen and oxygen atoms in total. The van der Waals surface area contributed by atoms with Crippen molar-refractivity contribution in [1.29, 1.82) is 0 Å². The third kappa shape index (κ3) is 6.23. The largest absolute Gasteiger partial charge is 0.489 e. The predicted molar refractivity (Wildman–Crippen MR) is 78.8 cm³/mol. The molecule has 0 aliphatic heterocycles. The Morgan fingerprint density at radius 1 is 1.50 bits per heavy atom. The zero-order valence-electron chi connectivity index (χ0n) is 11.7. The summed E-state index contributed by atoms with van der Waals surface area (Å²) in [4.78, 5) is 10.9. The number of β-amino-alcohol motifs (C(OH)–C–C–N with tert-alkyl or cyclic N) is 1. The molecule has 0 aliphatic carbocycles. The number of benzene rings is 1. The number of rotatable bonds is 8. The van der Waals surface area contributed by atoms with Gasteiger partial charge in [-0.15, -0.1) is 0 Å². The Bertz CT molecular complexity index is 452. The van der Waals surface area contributed by atoms with Crippen molar-refractivity contribution in [3.8, 4) is 5.75 Å². The molecule has 1 unspecified atom stereocenters. The fourth-order valence-corrected chi connectivity index (χ4v) is 1.89. The molecule has 1 amide bonds. The molecule has 20 heavy (non-hydrogen) atoms. The van der Waals surface area contributed by atoms with E-state index in [1.54, 1.807) is 18.2 Å². The summed E-state index contributed by atoms with van der Waals surface area (Å²) in [5, 5.41) is 13.4. The van der Waals surface area contributed by atoms with Gasteiger partial charge in [-0.05, 0) is 26.0 Å². The molecule has 0 aromatic heterocycles. The first-order valence-electron chi connectivity index (χ1n) is 6.39. The van der Waals surface area contributed by atoms with Gasteiger partial charge in [-0.2, -0.15) is 0 Å². The second kappa shape index (κ2) is 7.47. The number of amides is 1. The molecule has 0 aliphatic rings. The number of hydrogen-bond acceptors (Lipinski definition) is 4. The highest BCUT2D eigenvalue weighted by Gasteiger charge is 2.21. The summed E-state index contributed by atoms with van der Waals surface area (Å²) in [6, 6.07) is 7.07. The zero-order valence-corrected chi connectivity index (χ0v) is 12.5. The highest BCUT2D eigenvalue weighted by Crippen LogP contribution is 2.23. The average molecular weight is 301 g/mol. The number of aliphatic hydroxyl groups excluding tert-OH is 1. The molecule has 1 atom stereocenters. The lowest BCUT2D eigenvalue weighted by molar-refractivity contribution is -0.119. The van der Waals surface area contributed by atoms with Crippen LogP contribution in [0, 0.1) is 0 Å². The number of primary amides is 1. The van der Waals surface area contributed by atoms with Crippen LogP contribution >= 0.6 is 11.6 Å². The van der Waals surface area contributed by atoms with Gasteiger partial charge in [0.1, 0.15) is 18.5 Å². The number of para-hydroxylation sites is 1. The van der Waals surface area contributed by atoms with Gasteiger partial charge in [-0.1, -0.05) is 23.7 Å². The smallest absolute Gasteiger partial charge is 0.219 e. The van der Waals surface area contributed by atoms with Crippen LogP contribution in [-0.2, 0) is 4.79 Å². The topological polar surface area (TPSA) is 84.6 Å². The van der Waals surface area contributed by atoms with Crippen LogP contribution in [0.2, 0.25) is 5.02 Å². The highest BCUT2D eigenvalue weighted by molar-refractivity contribution is 6.32. The van der Waals surface area contributed by atoms with Crippen LogP contribution in [-0.4, -0.2) is 35.8 Å². The van der Waals surface area contributed by atoms with Gasteiger partial charge < -0.3 is 20.9 Å². The SMILES string of the molecule is CC(C)(CC(N)=O)NCC(O)COc1ccccc1Cl. The van der Waals surface area contributed by atoms with E-state index in [2.05, 4.69) is 5.32 Å². The number of carbonyl (C=O) groups is 1. The Kier molecular flexibility index (Phi) is 6.26. The van der Waals surface area contributed by atoms with E-state index in [1.807, 2.05) is 19.9 Å². The summed E-state index contributed by atoms with van der Waals surface area (Å²) in [5.74, 6) is 0.147. The fraction of sp³-hybridized carbons (Fsp3) is 0.500. The van der Waals surface area contributed by atoms with Gasteiger partial charge >= 0.3 is 0 Å². The van der Waals surface area contributed by atoms with E-state index in [9.17, 15) is 9.90 Å². The van der Waals surface area contributed by atoms with Gasteiger partial charge in [0.25, 0.3) is 0 Å². The summed E-state index contributed by atoms with van der Waals surface area (Å²) < 4.78 is 5.43. The van der Waals surface area contributed by atoms with Gasteiger partial charge in [-0.3, -0.25) is 4.79 Å². The Morgan fingerprint density at radius 2 is 2.15 bits per heavy atom. The van der Waals surface area contributed by atoms with Gasteiger partial charge in [-0.25, -0.2) is 0 Å². The summed E-state index contributed by atoms with van der Waals surface area (Å²) in [6.45, 7) is 4.10. The van der Waals surface area contributed by atoms with Crippen molar-refractivity contribution >= 4 is 17.5 Å². The molecule has 1 rings (SSSR count). The van der Waals surface area contributed by atoms with Crippen LogP contribution in [0.15, 0.2) is 24.3 Å². The minimum absolute atomic E-state index is 0.114. The molecular formula is C14H21ClN2O3. The quantitative estimate of drug-likeness (QED) is 0.676. The Hall–Kier alpha value is -1.30. The fourth-order valence-electron chi connectivity index (χ4n) is 1.70. The molecule has 0 heterocycles. The standard InChI is InChI=1S/C14H21ClN2O3/c1-14(2,7-13(16)19)17-8-10(18)9-20-12-6-4-3-5-11(12)15/h3-6,10,17-18H,7-9H2,1-2H3,(H2,16,19). The van der Waals surface area contributed by atoms with Crippen molar-refractivity contribution in [2.75, 3.05) is 13.2 Å².